The minimum absolute atomic E-state index is 0.142. The van der Waals surface area contributed by atoms with Crippen LogP contribution in [0.4, 0.5) is 0 Å². The quantitative estimate of drug-likeness (QED) is 0.750. The minimum atomic E-state index is -0.142. The SMILES string of the molecule is CCCCCc1ccn2c(=O)[nH]nc2c1CCCCC. The number of hydrogen-bond acceptors (Lipinski definition) is 2. The molecule has 20 heavy (non-hydrogen) atoms. The highest BCUT2D eigenvalue weighted by molar-refractivity contribution is 5.51. The predicted octanol–water partition coefficient (Wildman–Crippen LogP) is 3.49. The third-order valence-corrected chi connectivity index (χ3v) is 3.87. The number of aryl methyl sites for hydroxylation is 2. The van der Waals surface area contributed by atoms with E-state index in [-0.39, 0.29) is 5.69 Å². The third-order valence-electron chi connectivity index (χ3n) is 3.87. The summed E-state index contributed by atoms with van der Waals surface area (Å²) >= 11 is 0. The van der Waals surface area contributed by atoms with Gasteiger partial charge < -0.3 is 0 Å². The summed E-state index contributed by atoms with van der Waals surface area (Å²) in [7, 11) is 0. The normalized spacial score (nSPS) is 11.3. The number of nitrogens with one attached hydrogen (secondary N) is 1. The lowest BCUT2D eigenvalue weighted by atomic mass is 9.98. The van der Waals surface area contributed by atoms with Gasteiger partial charge in [-0.05, 0) is 37.3 Å². The summed E-state index contributed by atoms with van der Waals surface area (Å²) in [6.07, 6.45) is 11.3. The Hall–Kier alpha value is -1.58. The Morgan fingerprint density at radius 3 is 2.50 bits per heavy atom. The Labute approximate surface area is 120 Å². The van der Waals surface area contributed by atoms with Crippen LogP contribution in [-0.2, 0) is 12.8 Å². The first-order chi connectivity index (χ1) is 9.77. The molecule has 4 nitrogen and oxygen atoms in total. The summed E-state index contributed by atoms with van der Waals surface area (Å²) in [6, 6.07) is 2.10. The van der Waals surface area contributed by atoms with E-state index in [2.05, 4.69) is 30.1 Å². The second-order valence-electron chi connectivity index (χ2n) is 5.46. The average Bonchev–Trinajstić information content (AvgIpc) is 2.83. The Morgan fingerprint density at radius 2 is 1.80 bits per heavy atom. The summed E-state index contributed by atoms with van der Waals surface area (Å²) in [5, 5.41) is 6.77. The molecule has 0 saturated heterocycles. The van der Waals surface area contributed by atoms with E-state index in [1.165, 1.54) is 43.2 Å². The van der Waals surface area contributed by atoms with E-state index in [0.717, 1.165) is 24.9 Å². The van der Waals surface area contributed by atoms with Gasteiger partial charge >= 0.3 is 5.69 Å². The molecule has 4 heteroatoms. The number of rotatable bonds is 8. The predicted molar refractivity (Wildman–Crippen MR) is 82.3 cm³/mol. The first-order valence-corrected chi connectivity index (χ1v) is 7.85. The molecule has 2 aromatic heterocycles. The van der Waals surface area contributed by atoms with Gasteiger partial charge in [-0.1, -0.05) is 39.5 Å². The van der Waals surface area contributed by atoms with Gasteiger partial charge in [-0.15, -0.1) is 0 Å². The van der Waals surface area contributed by atoms with Crippen LogP contribution in [0.5, 0.6) is 0 Å². The molecule has 0 aliphatic rings. The van der Waals surface area contributed by atoms with Crippen molar-refractivity contribution in [2.75, 3.05) is 0 Å². The van der Waals surface area contributed by atoms with Crippen molar-refractivity contribution in [3.05, 3.63) is 33.9 Å². The molecule has 0 unspecified atom stereocenters. The van der Waals surface area contributed by atoms with Crippen molar-refractivity contribution < 1.29 is 0 Å². The summed E-state index contributed by atoms with van der Waals surface area (Å²) in [5.41, 5.74) is 3.30. The van der Waals surface area contributed by atoms with Crippen LogP contribution < -0.4 is 5.69 Å². The lowest BCUT2D eigenvalue weighted by Crippen LogP contribution is -2.10. The molecule has 2 heterocycles. The monoisotopic (exact) mass is 275 g/mol. The van der Waals surface area contributed by atoms with E-state index in [1.807, 2.05) is 6.20 Å². The molecule has 110 valence electrons. The van der Waals surface area contributed by atoms with Crippen molar-refractivity contribution in [1.82, 2.24) is 14.6 Å². The number of hydrogen-bond donors (Lipinski definition) is 1. The summed E-state index contributed by atoms with van der Waals surface area (Å²) in [6.45, 7) is 4.43. The van der Waals surface area contributed by atoms with Gasteiger partial charge in [0.05, 0.1) is 0 Å². The lowest BCUT2D eigenvalue weighted by molar-refractivity contribution is 0.693. The molecule has 2 rings (SSSR count). The Balaban J connectivity index is 2.29. The first-order valence-electron chi connectivity index (χ1n) is 7.85. The molecule has 0 aliphatic heterocycles. The maximum Gasteiger partial charge on any atom is 0.347 e. The maximum atomic E-state index is 11.7. The smallest absolute Gasteiger partial charge is 0.250 e. The van der Waals surface area contributed by atoms with Crippen LogP contribution in [0.1, 0.15) is 63.5 Å². The van der Waals surface area contributed by atoms with Crippen LogP contribution in [0, 0.1) is 0 Å². The molecule has 0 aromatic carbocycles. The molecular weight excluding hydrogens is 250 g/mol. The summed E-state index contributed by atoms with van der Waals surface area (Å²) in [4.78, 5) is 11.7. The van der Waals surface area contributed by atoms with Gasteiger partial charge in [-0.3, -0.25) is 4.40 Å². The first kappa shape index (κ1) is 14.8. The third kappa shape index (κ3) is 3.30. The number of fused-ring (bicyclic) bond motifs is 1. The van der Waals surface area contributed by atoms with Gasteiger partial charge in [-0.25, -0.2) is 9.89 Å². The molecule has 0 saturated carbocycles. The zero-order valence-corrected chi connectivity index (χ0v) is 12.6. The molecule has 2 aromatic rings. The highest BCUT2D eigenvalue weighted by atomic mass is 16.1. The molecule has 0 radical (unpaired) electrons. The summed E-state index contributed by atoms with van der Waals surface area (Å²) < 4.78 is 1.63. The van der Waals surface area contributed by atoms with Crippen LogP contribution >= 0.6 is 0 Å². The average molecular weight is 275 g/mol. The van der Waals surface area contributed by atoms with E-state index in [1.54, 1.807) is 4.40 Å². The van der Waals surface area contributed by atoms with Crippen LogP contribution in [0.3, 0.4) is 0 Å². The Kier molecular flexibility index (Phi) is 5.39. The zero-order valence-electron chi connectivity index (χ0n) is 12.6. The molecule has 0 spiro atoms. The van der Waals surface area contributed by atoms with Crippen LogP contribution in [0.15, 0.2) is 17.1 Å². The number of aromatic nitrogens is 3. The fourth-order valence-electron chi connectivity index (χ4n) is 2.69. The standard InChI is InChI=1S/C16H25N3O/c1-3-5-7-9-13-11-12-19-15(17-18-16(19)20)14(13)10-8-6-4-2/h11-12H,3-10H2,1-2H3,(H,18,20). The number of nitrogens with zero attached hydrogens (tertiary/aromatic N) is 2. The molecule has 0 bridgehead atoms. The van der Waals surface area contributed by atoms with Crippen molar-refractivity contribution in [2.24, 2.45) is 0 Å². The topological polar surface area (TPSA) is 50.2 Å². The van der Waals surface area contributed by atoms with Crippen molar-refractivity contribution in [1.29, 1.82) is 0 Å². The fraction of sp³-hybridized carbons (Fsp3) is 0.625. The zero-order chi connectivity index (χ0) is 14.4. The van der Waals surface area contributed by atoms with Crippen molar-refractivity contribution in [3.63, 3.8) is 0 Å². The molecule has 1 N–H and O–H groups in total. The van der Waals surface area contributed by atoms with Gasteiger partial charge in [0.15, 0.2) is 5.65 Å². The number of aromatic amines is 1. The fourth-order valence-corrected chi connectivity index (χ4v) is 2.69. The van der Waals surface area contributed by atoms with Gasteiger partial charge in [0, 0.05) is 11.8 Å². The van der Waals surface area contributed by atoms with Crippen molar-refractivity contribution in [3.8, 4) is 0 Å². The number of H-pyrrole nitrogens is 1. The molecule has 0 amide bonds. The second-order valence-corrected chi connectivity index (χ2v) is 5.46. The second kappa shape index (κ2) is 7.27. The highest BCUT2D eigenvalue weighted by Crippen LogP contribution is 2.19. The van der Waals surface area contributed by atoms with E-state index in [9.17, 15) is 4.79 Å². The van der Waals surface area contributed by atoms with E-state index >= 15 is 0 Å². The summed E-state index contributed by atoms with van der Waals surface area (Å²) in [5.74, 6) is 0. The number of unbranched alkanes of at least 4 members (excludes halogenated alkanes) is 4. The van der Waals surface area contributed by atoms with Crippen LogP contribution in [0.2, 0.25) is 0 Å². The largest absolute Gasteiger partial charge is 0.347 e. The highest BCUT2D eigenvalue weighted by Gasteiger charge is 2.11. The molecular formula is C16H25N3O. The van der Waals surface area contributed by atoms with E-state index in [0.29, 0.717) is 0 Å². The van der Waals surface area contributed by atoms with Gasteiger partial charge in [0.1, 0.15) is 0 Å². The maximum absolute atomic E-state index is 11.7. The van der Waals surface area contributed by atoms with E-state index in [4.69, 9.17) is 0 Å². The Bertz CT molecular complexity index is 597. The number of pyridine rings is 1. The minimum Gasteiger partial charge on any atom is -0.250 e. The van der Waals surface area contributed by atoms with Crippen molar-refractivity contribution >= 4 is 5.65 Å². The van der Waals surface area contributed by atoms with Crippen LogP contribution in [-0.4, -0.2) is 14.6 Å². The van der Waals surface area contributed by atoms with E-state index < -0.39 is 0 Å². The lowest BCUT2D eigenvalue weighted by Gasteiger charge is -2.10. The molecule has 0 aliphatic carbocycles. The van der Waals surface area contributed by atoms with Gasteiger partial charge in [-0.2, -0.15) is 5.10 Å². The van der Waals surface area contributed by atoms with Gasteiger partial charge in [0.2, 0.25) is 0 Å². The molecule has 0 fully saturated rings. The van der Waals surface area contributed by atoms with Crippen molar-refractivity contribution in [2.45, 2.75) is 65.2 Å². The van der Waals surface area contributed by atoms with Gasteiger partial charge in [0.25, 0.3) is 0 Å². The van der Waals surface area contributed by atoms with Crippen LogP contribution in [0.25, 0.3) is 5.65 Å². The molecule has 0 atom stereocenters. The Morgan fingerprint density at radius 1 is 1.10 bits per heavy atom.